The van der Waals surface area contributed by atoms with E-state index in [1.807, 2.05) is 24.3 Å². The van der Waals surface area contributed by atoms with Gasteiger partial charge in [-0.15, -0.1) is 0 Å². The van der Waals surface area contributed by atoms with E-state index in [2.05, 4.69) is 39.0 Å². The van der Waals surface area contributed by atoms with Crippen molar-refractivity contribution in [1.29, 1.82) is 0 Å². The smallest absolute Gasteiger partial charge is 0.124 e. The SMILES string of the molecule is CC[C@H](N)c1ccccc1OCc1c(C)cccc1C. The standard InChI is InChI=1S/C18H23NO/c1-4-17(19)15-10-5-6-11-18(15)20-12-16-13(2)8-7-9-14(16)3/h5-11,17H,4,12,19H2,1-3H3/t17-/m0/s1. The summed E-state index contributed by atoms with van der Waals surface area (Å²) >= 11 is 0. The minimum Gasteiger partial charge on any atom is -0.489 e. The second-order valence-corrected chi connectivity index (χ2v) is 5.21. The van der Waals surface area contributed by atoms with Gasteiger partial charge in [0.05, 0.1) is 0 Å². The Balaban J connectivity index is 2.19. The van der Waals surface area contributed by atoms with Crippen molar-refractivity contribution in [2.45, 2.75) is 39.8 Å². The van der Waals surface area contributed by atoms with Gasteiger partial charge in [-0.25, -0.2) is 0 Å². The van der Waals surface area contributed by atoms with Crippen LogP contribution in [0.4, 0.5) is 0 Å². The summed E-state index contributed by atoms with van der Waals surface area (Å²) in [7, 11) is 0. The van der Waals surface area contributed by atoms with Crippen LogP contribution in [0.25, 0.3) is 0 Å². The molecule has 0 fully saturated rings. The van der Waals surface area contributed by atoms with Crippen molar-refractivity contribution in [3.8, 4) is 5.75 Å². The lowest BCUT2D eigenvalue weighted by molar-refractivity contribution is 0.299. The normalized spacial score (nSPS) is 12.2. The van der Waals surface area contributed by atoms with Gasteiger partial charge in [0.15, 0.2) is 0 Å². The fourth-order valence-corrected chi connectivity index (χ4v) is 2.36. The van der Waals surface area contributed by atoms with Crippen LogP contribution in [-0.4, -0.2) is 0 Å². The van der Waals surface area contributed by atoms with E-state index in [4.69, 9.17) is 10.5 Å². The van der Waals surface area contributed by atoms with Crippen molar-refractivity contribution in [1.82, 2.24) is 0 Å². The molecule has 2 N–H and O–H groups in total. The fraction of sp³-hybridized carbons (Fsp3) is 0.333. The quantitative estimate of drug-likeness (QED) is 0.878. The first-order valence-electron chi connectivity index (χ1n) is 7.16. The molecule has 0 aliphatic carbocycles. The number of hydrogen-bond acceptors (Lipinski definition) is 2. The van der Waals surface area contributed by atoms with Crippen LogP contribution < -0.4 is 10.5 Å². The van der Waals surface area contributed by atoms with Crippen molar-refractivity contribution in [2.75, 3.05) is 0 Å². The molecule has 0 aliphatic rings. The number of hydrogen-bond donors (Lipinski definition) is 1. The Morgan fingerprint density at radius 1 is 1.00 bits per heavy atom. The Bertz CT molecular complexity index is 557. The summed E-state index contributed by atoms with van der Waals surface area (Å²) in [6.07, 6.45) is 0.907. The van der Waals surface area contributed by atoms with Crippen molar-refractivity contribution in [3.05, 3.63) is 64.7 Å². The van der Waals surface area contributed by atoms with E-state index in [1.54, 1.807) is 0 Å². The van der Waals surface area contributed by atoms with E-state index in [-0.39, 0.29) is 6.04 Å². The molecule has 20 heavy (non-hydrogen) atoms. The van der Waals surface area contributed by atoms with E-state index in [0.29, 0.717) is 6.61 Å². The Morgan fingerprint density at radius 3 is 2.30 bits per heavy atom. The molecule has 0 aromatic heterocycles. The lowest BCUT2D eigenvalue weighted by atomic mass is 10.0. The van der Waals surface area contributed by atoms with Gasteiger partial charge in [0.2, 0.25) is 0 Å². The lowest BCUT2D eigenvalue weighted by Gasteiger charge is -2.17. The molecule has 0 radical (unpaired) electrons. The molecule has 0 spiro atoms. The first kappa shape index (κ1) is 14.6. The third-order valence-electron chi connectivity index (χ3n) is 3.77. The van der Waals surface area contributed by atoms with Crippen LogP contribution in [0.2, 0.25) is 0 Å². The number of ether oxygens (including phenoxy) is 1. The van der Waals surface area contributed by atoms with Crippen LogP contribution in [0, 0.1) is 13.8 Å². The summed E-state index contributed by atoms with van der Waals surface area (Å²) in [6.45, 7) is 6.92. The summed E-state index contributed by atoms with van der Waals surface area (Å²) in [4.78, 5) is 0. The number of benzene rings is 2. The monoisotopic (exact) mass is 269 g/mol. The van der Waals surface area contributed by atoms with Gasteiger partial charge in [0.1, 0.15) is 12.4 Å². The predicted molar refractivity (Wildman–Crippen MR) is 83.9 cm³/mol. The van der Waals surface area contributed by atoms with Crippen molar-refractivity contribution in [2.24, 2.45) is 5.73 Å². The van der Waals surface area contributed by atoms with Crippen LogP contribution in [0.3, 0.4) is 0 Å². The Hall–Kier alpha value is -1.80. The zero-order valence-electron chi connectivity index (χ0n) is 12.5. The molecule has 0 saturated carbocycles. The van der Waals surface area contributed by atoms with Gasteiger partial charge in [0, 0.05) is 11.6 Å². The van der Waals surface area contributed by atoms with Crippen molar-refractivity contribution >= 4 is 0 Å². The summed E-state index contributed by atoms with van der Waals surface area (Å²) in [5.41, 5.74) is 11.0. The highest BCUT2D eigenvalue weighted by Gasteiger charge is 2.11. The molecule has 0 amide bonds. The topological polar surface area (TPSA) is 35.2 Å². The Labute approximate surface area is 121 Å². The minimum atomic E-state index is 0.0316. The average Bonchev–Trinajstić information content (AvgIpc) is 2.46. The molecular formula is C18H23NO. The molecule has 2 rings (SSSR count). The van der Waals surface area contributed by atoms with Crippen LogP contribution in [0.5, 0.6) is 5.75 Å². The van der Waals surface area contributed by atoms with Crippen molar-refractivity contribution < 1.29 is 4.74 Å². The number of aryl methyl sites for hydroxylation is 2. The highest BCUT2D eigenvalue weighted by Crippen LogP contribution is 2.26. The summed E-state index contributed by atoms with van der Waals surface area (Å²) in [5.74, 6) is 0.893. The maximum absolute atomic E-state index is 6.14. The first-order chi connectivity index (χ1) is 9.63. The Morgan fingerprint density at radius 2 is 1.65 bits per heavy atom. The van der Waals surface area contributed by atoms with E-state index in [1.165, 1.54) is 16.7 Å². The number of para-hydroxylation sites is 1. The molecule has 0 aliphatic heterocycles. The lowest BCUT2D eigenvalue weighted by Crippen LogP contribution is -2.11. The van der Waals surface area contributed by atoms with Crippen LogP contribution >= 0.6 is 0 Å². The molecule has 2 heteroatoms. The average molecular weight is 269 g/mol. The minimum absolute atomic E-state index is 0.0316. The van der Waals surface area contributed by atoms with Gasteiger partial charge in [-0.05, 0) is 43.0 Å². The van der Waals surface area contributed by atoms with E-state index < -0.39 is 0 Å². The summed E-state index contributed by atoms with van der Waals surface area (Å²) in [5, 5.41) is 0. The van der Waals surface area contributed by atoms with Gasteiger partial charge in [-0.3, -0.25) is 0 Å². The maximum Gasteiger partial charge on any atom is 0.124 e. The van der Waals surface area contributed by atoms with Gasteiger partial charge >= 0.3 is 0 Å². The van der Waals surface area contributed by atoms with Gasteiger partial charge in [-0.1, -0.05) is 43.3 Å². The molecule has 0 bridgehead atoms. The number of rotatable bonds is 5. The second kappa shape index (κ2) is 6.58. The third-order valence-corrected chi connectivity index (χ3v) is 3.77. The highest BCUT2D eigenvalue weighted by atomic mass is 16.5. The third kappa shape index (κ3) is 3.20. The largest absolute Gasteiger partial charge is 0.489 e. The zero-order valence-corrected chi connectivity index (χ0v) is 12.5. The maximum atomic E-state index is 6.14. The highest BCUT2D eigenvalue weighted by molar-refractivity contribution is 5.37. The summed E-state index contributed by atoms with van der Waals surface area (Å²) < 4.78 is 6.03. The zero-order chi connectivity index (χ0) is 14.5. The molecule has 2 aromatic rings. The van der Waals surface area contributed by atoms with Crippen LogP contribution in [0.15, 0.2) is 42.5 Å². The molecule has 2 nitrogen and oxygen atoms in total. The van der Waals surface area contributed by atoms with E-state index >= 15 is 0 Å². The number of nitrogens with two attached hydrogens (primary N) is 1. The fourth-order valence-electron chi connectivity index (χ4n) is 2.36. The van der Waals surface area contributed by atoms with Crippen molar-refractivity contribution in [3.63, 3.8) is 0 Å². The predicted octanol–water partition coefficient (Wildman–Crippen LogP) is 4.29. The molecular weight excluding hydrogens is 246 g/mol. The second-order valence-electron chi connectivity index (χ2n) is 5.21. The van der Waals surface area contributed by atoms with E-state index in [9.17, 15) is 0 Å². The molecule has 1 atom stereocenters. The van der Waals surface area contributed by atoms with Gasteiger partial charge < -0.3 is 10.5 Å². The molecule has 0 unspecified atom stereocenters. The molecule has 2 aromatic carbocycles. The van der Waals surface area contributed by atoms with E-state index in [0.717, 1.165) is 17.7 Å². The van der Waals surface area contributed by atoms with Gasteiger partial charge in [0.25, 0.3) is 0 Å². The first-order valence-corrected chi connectivity index (χ1v) is 7.16. The molecule has 106 valence electrons. The van der Waals surface area contributed by atoms with Crippen LogP contribution in [0.1, 0.15) is 41.6 Å². The molecule has 0 heterocycles. The Kier molecular flexibility index (Phi) is 4.80. The summed E-state index contributed by atoms with van der Waals surface area (Å²) in [6, 6.07) is 14.4. The van der Waals surface area contributed by atoms with Gasteiger partial charge in [-0.2, -0.15) is 0 Å². The van der Waals surface area contributed by atoms with Crippen LogP contribution in [-0.2, 0) is 6.61 Å². The molecule has 0 saturated heterocycles.